The van der Waals surface area contributed by atoms with Crippen LogP contribution in [0.3, 0.4) is 0 Å². The minimum atomic E-state index is 0.557. The normalized spacial score (nSPS) is 25.4. The van der Waals surface area contributed by atoms with E-state index in [1.807, 2.05) is 12.3 Å². The molecule has 0 aliphatic carbocycles. The number of hydrogen-bond donors (Lipinski definition) is 1. The predicted octanol–water partition coefficient (Wildman–Crippen LogP) is 1.11. The van der Waals surface area contributed by atoms with Crippen molar-refractivity contribution in [2.24, 2.45) is 5.73 Å². The molecular formula is C14H24N4. The molecule has 1 saturated heterocycles. The molecule has 2 N–H and O–H groups in total. The highest BCUT2D eigenvalue weighted by molar-refractivity contribution is 5.47. The van der Waals surface area contributed by atoms with E-state index in [0.29, 0.717) is 18.6 Å². The number of nitrogens with two attached hydrogens (primary N) is 1. The summed E-state index contributed by atoms with van der Waals surface area (Å²) in [5.41, 5.74) is 6.95. The molecule has 18 heavy (non-hydrogen) atoms. The van der Waals surface area contributed by atoms with Crippen molar-refractivity contribution in [2.45, 2.75) is 32.4 Å². The number of likely N-dealkylation sites (N-methyl/N-ethyl adjacent to an activating group) is 1. The standard InChI is InChI=1S/C14H24N4/c1-11-9-18(10-12(2)17(11)3)14-13(6-7-15)5-4-8-16-14/h4-5,8,11-12H,6-7,9-10,15H2,1-3H3. The van der Waals surface area contributed by atoms with Crippen LogP contribution in [0, 0.1) is 0 Å². The Morgan fingerprint density at radius 1 is 1.33 bits per heavy atom. The molecule has 0 bridgehead atoms. The summed E-state index contributed by atoms with van der Waals surface area (Å²) in [6.45, 7) is 7.30. The highest BCUT2D eigenvalue weighted by Gasteiger charge is 2.27. The van der Waals surface area contributed by atoms with Crippen molar-refractivity contribution in [2.75, 3.05) is 31.6 Å². The summed E-state index contributed by atoms with van der Waals surface area (Å²) in [4.78, 5) is 9.40. The molecule has 0 radical (unpaired) electrons. The number of rotatable bonds is 3. The fourth-order valence-electron chi connectivity index (χ4n) is 2.64. The number of anilines is 1. The summed E-state index contributed by atoms with van der Waals surface area (Å²) in [7, 11) is 2.20. The van der Waals surface area contributed by atoms with E-state index < -0.39 is 0 Å². The quantitative estimate of drug-likeness (QED) is 0.870. The molecule has 1 aromatic rings. The monoisotopic (exact) mass is 248 g/mol. The second-order valence-electron chi connectivity index (χ2n) is 5.29. The van der Waals surface area contributed by atoms with Crippen molar-refractivity contribution in [3.05, 3.63) is 23.9 Å². The van der Waals surface area contributed by atoms with Crippen molar-refractivity contribution >= 4 is 5.82 Å². The second kappa shape index (κ2) is 5.67. The van der Waals surface area contributed by atoms with E-state index in [4.69, 9.17) is 5.73 Å². The van der Waals surface area contributed by atoms with Crippen LogP contribution in [0.5, 0.6) is 0 Å². The zero-order valence-corrected chi connectivity index (χ0v) is 11.6. The first-order valence-electron chi connectivity index (χ1n) is 6.74. The molecule has 4 heteroatoms. The van der Waals surface area contributed by atoms with Crippen LogP contribution in [0.15, 0.2) is 18.3 Å². The Balaban J connectivity index is 2.21. The van der Waals surface area contributed by atoms with Gasteiger partial charge < -0.3 is 10.6 Å². The maximum atomic E-state index is 5.68. The number of aromatic nitrogens is 1. The molecule has 1 aromatic heterocycles. The zero-order valence-electron chi connectivity index (χ0n) is 11.6. The maximum absolute atomic E-state index is 5.68. The lowest BCUT2D eigenvalue weighted by Crippen LogP contribution is -2.55. The third-order valence-electron chi connectivity index (χ3n) is 3.94. The van der Waals surface area contributed by atoms with Gasteiger partial charge in [0.25, 0.3) is 0 Å². The zero-order chi connectivity index (χ0) is 13.1. The smallest absolute Gasteiger partial charge is 0.131 e. The average molecular weight is 248 g/mol. The minimum Gasteiger partial charge on any atom is -0.353 e. The fraction of sp³-hybridized carbons (Fsp3) is 0.643. The molecule has 2 rings (SSSR count). The number of hydrogen-bond acceptors (Lipinski definition) is 4. The van der Waals surface area contributed by atoms with Gasteiger partial charge in [-0.25, -0.2) is 4.98 Å². The van der Waals surface area contributed by atoms with E-state index in [2.05, 4.69) is 41.7 Å². The third kappa shape index (κ3) is 2.65. The van der Waals surface area contributed by atoms with Gasteiger partial charge in [-0.1, -0.05) is 6.07 Å². The van der Waals surface area contributed by atoms with Crippen LogP contribution in [0.2, 0.25) is 0 Å². The lowest BCUT2D eigenvalue weighted by Gasteiger charge is -2.43. The summed E-state index contributed by atoms with van der Waals surface area (Å²) in [5.74, 6) is 1.12. The Morgan fingerprint density at radius 2 is 2.00 bits per heavy atom. The summed E-state index contributed by atoms with van der Waals surface area (Å²) in [5, 5.41) is 0. The van der Waals surface area contributed by atoms with Crippen LogP contribution in [0.25, 0.3) is 0 Å². The Hall–Kier alpha value is -1.13. The van der Waals surface area contributed by atoms with Crippen molar-refractivity contribution in [3.8, 4) is 0 Å². The van der Waals surface area contributed by atoms with Crippen LogP contribution >= 0.6 is 0 Å². The minimum absolute atomic E-state index is 0.557. The maximum Gasteiger partial charge on any atom is 0.131 e. The summed E-state index contributed by atoms with van der Waals surface area (Å²) in [6.07, 6.45) is 2.78. The Labute approximate surface area is 110 Å². The molecule has 1 aliphatic heterocycles. The average Bonchev–Trinajstić information content (AvgIpc) is 2.36. The molecule has 2 unspecified atom stereocenters. The molecule has 0 saturated carbocycles. The van der Waals surface area contributed by atoms with Gasteiger partial charge in [-0.05, 0) is 45.5 Å². The summed E-state index contributed by atoms with van der Waals surface area (Å²) in [6, 6.07) is 5.25. The first kappa shape index (κ1) is 13.3. The van der Waals surface area contributed by atoms with Gasteiger partial charge in [0.05, 0.1) is 0 Å². The van der Waals surface area contributed by atoms with E-state index in [-0.39, 0.29) is 0 Å². The Kier molecular flexibility index (Phi) is 4.19. The molecule has 0 amide bonds. The van der Waals surface area contributed by atoms with Gasteiger partial charge in [0.2, 0.25) is 0 Å². The van der Waals surface area contributed by atoms with Crippen molar-refractivity contribution in [1.82, 2.24) is 9.88 Å². The molecule has 0 spiro atoms. The van der Waals surface area contributed by atoms with E-state index in [1.165, 1.54) is 5.56 Å². The number of pyridine rings is 1. The molecular weight excluding hydrogens is 224 g/mol. The van der Waals surface area contributed by atoms with E-state index >= 15 is 0 Å². The molecule has 0 aromatic carbocycles. The number of nitrogens with zero attached hydrogens (tertiary/aromatic N) is 3. The van der Waals surface area contributed by atoms with Crippen LogP contribution in [-0.2, 0) is 6.42 Å². The van der Waals surface area contributed by atoms with Crippen LogP contribution in [0.1, 0.15) is 19.4 Å². The van der Waals surface area contributed by atoms with E-state index in [9.17, 15) is 0 Å². The van der Waals surface area contributed by atoms with Gasteiger partial charge in [-0.2, -0.15) is 0 Å². The first-order chi connectivity index (χ1) is 8.63. The summed E-state index contributed by atoms with van der Waals surface area (Å²) >= 11 is 0. The van der Waals surface area contributed by atoms with Gasteiger partial charge in [-0.3, -0.25) is 4.90 Å². The van der Waals surface area contributed by atoms with Crippen molar-refractivity contribution in [1.29, 1.82) is 0 Å². The van der Waals surface area contributed by atoms with E-state index in [0.717, 1.165) is 25.3 Å². The number of piperazine rings is 1. The van der Waals surface area contributed by atoms with Crippen molar-refractivity contribution < 1.29 is 0 Å². The Morgan fingerprint density at radius 3 is 2.61 bits per heavy atom. The van der Waals surface area contributed by atoms with Crippen LogP contribution < -0.4 is 10.6 Å². The Bertz CT molecular complexity index is 381. The highest BCUT2D eigenvalue weighted by Crippen LogP contribution is 2.23. The van der Waals surface area contributed by atoms with Gasteiger partial charge in [0.1, 0.15) is 5.82 Å². The predicted molar refractivity (Wildman–Crippen MR) is 75.9 cm³/mol. The topological polar surface area (TPSA) is 45.4 Å². The lowest BCUT2D eigenvalue weighted by molar-refractivity contribution is 0.169. The molecule has 2 heterocycles. The SMILES string of the molecule is CC1CN(c2ncccc2CCN)CC(C)N1C. The first-order valence-corrected chi connectivity index (χ1v) is 6.74. The largest absolute Gasteiger partial charge is 0.353 e. The third-order valence-corrected chi connectivity index (χ3v) is 3.94. The molecule has 1 fully saturated rings. The lowest BCUT2D eigenvalue weighted by atomic mass is 10.1. The fourth-order valence-corrected chi connectivity index (χ4v) is 2.64. The second-order valence-corrected chi connectivity index (χ2v) is 5.29. The van der Waals surface area contributed by atoms with Crippen LogP contribution in [0.4, 0.5) is 5.82 Å². The van der Waals surface area contributed by atoms with Gasteiger partial charge in [0.15, 0.2) is 0 Å². The van der Waals surface area contributed by atoms with Crippen molar-refractivity contribution in [3.63, 3.8) is 0 Å². The van der Waals surface area contributed by atoms with Gasteiger partial charge in [0, 0.05) is 31.4 Å². The molecule has 4 nitrogen and oxygen atoms in total. The summed E-state index contributed by atoms with van der Waals surface area (Å²) < 4.78 is 0. The van der Waals surface area contributed by atoms with Gasteiger partial charge >= 0.3 is 0 Å². The van der Waals surface area contributed by atoms with Gasteiger partial charge in [-0.15, -0.1) is 0 Å². The van der Waals surface area contributed by atoms with Crippen LogP contribution in [-0.4, -0.2) is 48.6 Å². The highest BCUT2D eigenvalue weighted by atomic mass is 15.3. The molecule has 2 atom stereocenters. The molecule has 1 aliphatic rings. The van der Waals surface area contributed by atoms with E-state index in [1.54, 1.807) is 0 Å². The molecule has 100 valence electrons.